The van der Waals surface area contributed by atoms with E-state index in [1.54, 1.807) is 0 Å². The lowest BCUT2D eigenvalue weighted by atomic mass is 10.2. The van der Waals surface area contributed by atoms with Gasteiger partial charge in [0.2, 0.25) is 0 Å². The quantitative estimate of drug-likeness (QED) is 0.166. The maximum absolute atomic E-state index is 6.45. The first-order valence-corrected chi connectivity index (χ1v) is 11.8. The lowest BCUT2D eigenvalue weighted by Crippen LogP contribution is -2.53. The molecule has 1 heterocycles. The predicted molar refractivity (Wildman–Crippen MR) is 99.6 cm³/mol. The van der Waals surface area contributed by atoms with Crippen molar-refractivity contribution in [1.82, 2.24) is 0 Å². The second kappa shape index (κ2) is 12.4. The van der Waals surface area contributed by atoms with E-state index >= 15 is 0 Å². The van der Waals surface area contributed by atoms with E-state index in [1.165, 1.54) is 0 Å². The fourth-order valence-electron chi connectivity index (χ4n) is 2.81. The average Bonchev–Trinajstić information content (AvgIpc) is 3.36. The fraction of sp³-hybridized carbons (Fsp3) is 1.00. The maximum Gasteiger partial charge on any atom is 0.503 e. The van der Waals surface area contributed by atoms with E-state index in [-0.39, 0.29) is 0 Å². The van der Waals surface area contributed by atoms with Crippen LogP contribution in [0.5, 0.6) is 0 Å². The van der Waals surface area contributed by atoms with Crippen LogP contribution in [0.2, 0.25) is 6.04 Å². The van der Waals surface area contributed by atoms with Crippen LogP contribution in [-0.4, -0.2) is 60.3 Å². The zero-order valence-corrected chi connectivity index (χ0v) is 17.8. The van der Waals surface area contributed by atoms with Crippen molar-refractivity contribution >= 4 is 8.80 Å². The second-order valence-electron chi connectivity index (χ2n) is 6.52. The molecular weight excluding hydrogens is 340 g/mol. The van der Waals surface area contributed by atoms with Crippen molar-refractivity contribution in [1.29, 1.82) is 0 Å². The molecule has 0 bridgehead atoms. The van der Waals surface area contributed by atoms with Gasteiger partial charge in [0, 0.05) is 32.3 Å². The third kappa shape index (κ3) is 9.47. The number of rotatable bonds is 17. The van der Waals surface area contributed by atoms with Gasteiger partial charge in [0.15, 0.2) is 5.79 Å². The molecule has 1 aliphatic rings. The first kappa shape index (κ1) is 23.0. The summed E-state index contributed by atoms with van der Waals surface area (Å²) in [6, 6.07) is 0.807. The van der Waals surface area contributed by atoms with E-state index in [0.717, 1.165) is 38.3 Å². The van der Waals surface area contributed by atoms with E-state index in [0.29, 0.717) is 39.1 Å². The normalized spacial score (nSPS) is 19.8. The summed E-state index contributed by atoms with van der Waals surface area (Å²) in [6.07, 6.45) is 3.89. The fourth-order valence-corrected chi connectivity index (χ4v) is 5.71. The van der Waals surface area contributed by atoms with Gasteiger partial charge in [-0.05, 0) is 27.2 Å². The summed E-state index contributed by atoms with van der Waals surface area (Å²) < 4.78 is 35.3. The molecule has 150 valence electrons. The Balaban J connectivity index is 2.52. The summed E-state index contributed by atoms with van der Waals surface area (Å²) in [5.74, 6) is -0.680. The number of ether oxygens (including phenoxy) is 3. The molecule has 0 spiro atoms. The molecule has 2 unspecified atom stereocenters. The maximum atomic E-state index is 6.45. The van der Waals surface area contributed by atoms with Crippen molar-refractivity contribution in [2.75, 3.05) is 39.6 Å². The van der Waals surface area contributed by atoms with Crippen LogP contribution < -0.4 is 0 Å². The lowest BCUT2D eigenvalue weighted by molar-refractivity contribution is -0.205. The Morgan fingerprint density at radius 2 is 1.72 bits per heavy atom. The predicted octanol–water partition coefficient (Wildman–Crippen LogP) is 3.76. The Hall–Kier alpha value is -0.0231. The van der Waals surface area contributed by atoms with Crippen LogP contribution in [0.1, 0.15) is 60.3 Å². The third-order valence-corrected chi connectivity index (χ3v) is 7.22. The van der Waals surface area contributed by atoms with Crippen molar-refractivity contribution in [3.63, 3.8) is 0 Å². The van der Waals surface area contributed by atoms with Crippen molar-refractivity contribution in [3.8, 4) is 0 Å². The molecule has 2 atom stereocenters. The van der Waals surface area contributed by atoms with Crippen molar-refractivity contribution in [2.24, 2.45) is 0 Å². The summed E-state index contributed by atoms with van der Waals surface area (Å²) >= 11 is 0. The van der Waals surface area contributed by atoms with E-state index in [9.17, 15) is 0 Å². The first-order valence-electron chi connectivity index (χ1n) is 9.84. The second-order valence-corrected chi connectivity index (χ2v) is 9.16. The molecule has 1 aliphatic heterocycles. The van der Waals surface area contributed by atoms with Crippen LogP contribution in [-0.2, 0) is 27.5 Å². The Morgan fingerprint density at radius 1 is 1.04 bits per heavy atom. The van der Waals surface area contributed by atoms with Crippen LogP contribution in [0.25, 0.3) is 0 Å². The van der Waals surface area contributed by atoms with E-state index in [1.807, 2.05) is 20.8 Å². The molecule has 0 aromatic carbocycles. The number of epoxide rings is 1. The SMILES string of the molecule is CCCC(C)(OCCCOCC1CO1)O[Si](CCC)(OCC)OCC. The van der Waals surface area contributed by atoms with Gasteiger partial charge in [-0.1, -0.05) is 26.7 Å². The van der Waals surface area contributed by atoms with E-state index in [4.69, 9.17) is 27.5 Å². The highest BCUT2D eigenvalue weighted by molar-refractivity contribution is 6.60. The van der Waals surface area contributed by atoms with E-state index in [2.05, 4.69) is 13.8 Å². The van der Waals surface area contributed by atoms with Gasteiger partial charge in [-0.3, -0.25) is 0 Å². The standard InChI is InChI=1S/C18H38O6Si/c1-6-11-18(5,21-13-10-12-19-15-17-16-20-17)24-25(14-7-2,22-8-3)23-9-4/h17H,6-16H2,1-5H3. The zero-order chi connectivity index (χ0) is 18.6. The smallest absolute Gasteiger partial charge is 0.379 e. The Bertz CT molecular complexity index is 323. The molecule has 7 heteroatoms. The molecule has 0 N–H and O–H groups in total. The molecule has 0 aliphatic carbocycles. The molecule has 0 aromatic heterocycles. The number of hydrogen-bond donors (Lipinski definition) is 0. The number of hydrogen-bond acceptors (Lipinski definition) is 6. The van der Waals surface area contributed by atoms with Crippen LogP contribution in [0.3, 0.4) is 0 Å². The Morgan fingerprint density at radius 3 is 2.24 bits per heavy atom. The van der Waals surface area contributed by atoms with Crippen LogP contribution in [0, 0.1) is 0 Å². The molecule has 25 heavy (non-hydrogen) atoms. The van der Waals surface area contributed by atoms with Gasteiger partial charge in [-0.15, -0.1) is 0 Å². The minimum Gasteiger partial charge on any atom is -0.379 e. The molecule has 6 nitrogen and oxygen atoms in total. The summed E-state index contributed by atoms with van der Waals surface area (Å²) in [7, 11) is -2.72. The third-order valence-electron chi connectivity index (χ3n) is 3.91. The molecule has 0 aromatic rings. The lowest BCUT2D eigenvalue weighted by Gasteiger charge is -2.39. The van der Waals surface area contributed by atoms with Gasteiger partial charge in [-0.25, -0.2) is 0 Å². The summed E-state index contributed by atoms with van der Waals surface area (Å²) in [5.41, 5.74) is 0. The van der Waals surface area contributed by atoms with Crippen LogP contribution in [0.15, 0.2) is 0 Å². The van der Waals surface area contributed by atoms with Gasteiger partial charge in [-0.2, -0.15) is 0 Å². The molecule has 0 radical (unpaired) electrons. The summed E-state index contributed by atoms with van der Waals surface area (Å²) in [6.45, 7) is 14.2. The van der Waals surface area contributed by atoms with Gasteiger partial charge < -0.3 is 27.5 Å². The minimum atomic E-state index is -2.72. The van der Waals surface area contributed by atoms with Gasteiger partial charge in [0.05, 0.1) is 19.8 Å². The van der Waals surface area contributed by atoms with Gasteiger partial charge in [0.1, 0.15) is 6.10 Å². The van der Waals surface area contributed by atoms with E-state index < -0.39 is 14.6 Å². The highest BCUT2D eigenvalue weighted by atomic mass is 28.4. The van der Waals surface area contributed by atoms with Gasteiger partial charge in [0.25, 0.3) is 0 Å². The Labute approximate surface area is 154 Å². The molecule has 1 fully saturated rings. The Kier molecular flexibility index (Phi) is 11.4. The highest BCUT2D eigenvalue weighted by Gasteiger charge is 2.46. The summed E-state index contributed by atoms with van der Waals surface area (Å²) in [4.78, 5) is 0. The molecule has 0 saturated carbocycles. The van der Waals surface area contributed by atoms with Crippen LogP contribution >= 0.6 is 0 Å². The van der Waals surface area contributed by atoms with Crippen molar-refractivity contribution in [2.45, 2.75) is 78.2 Å². The largest absolute Gasteiger partial charge is 0.503 e. The minimum absolute atomic E-state index is 0.313. The molecule has 1 saturated heterocycles. The zero-order valence-electron chi connectivity index (χ0n) is 16.8. The molecular formula is C18H38O6Si. The summed E-state index contributed by atoms with van der Waals surface area (Å²) in [5, 5.41) is 0. The molecule has 1 rings (SSSR count). The highest BCUT2D eigenvalue weighted by Crippen LogP contribution is 2.29. The van der Waals surface area contributed by atoms with Crippen LogP contribution in [0.4, 0.5) is 0 Å². The average molecular weight is 379 g/mol. The van der Waals surface area contributed by atoms with Crippen molar-refractivity contribution in [3.05, 3.63) is 0 Å². The monoisotopic (exact) mass is 378 g/mol. The van der Waals surface area contributed by atoms with Gasteiger partial charge >= 0.3 is 8.80 Å². The molecule has 0 amide bonds. The first-order chi connectivity index (χ1) is 12.0. The van der Waals surface area contributed by atoms with Crippen molar-refractivity contribution < 1.29 is 27.5 Å². The topological polar surface area (TPSA) is 58.7 Å².